The SMILES string of the molecule is CCCCCC(NN)c1ccncc1CC. The van der Waals surface area contributed by atoms with E-state index in [0.717, 1.165) is 12.8 Å². The molecule has 1 heterocycles. The van der Waals surface area contributed by atoms with Gasteiger partial charge in [-0.1, -0.05) is 33.1 Å². The highest BCUT2D eigenvalue weighted by Crippen LogP contribution is 2.22. The fraction of sp³-hybridized carbons (Fsp3) is 0.615. The van der Waals surface area contributed by atoms with Gasteiger partial charge in [-0.3, -0.25) is 16.3 Å². The van der Waals surface area contributed by atoms with Crippen LogP contribution in [0, 0.1) is 0 Å². The maximum Gasteiger partial charge on any atom is 0.0463 e. The van der Waals surface area contributed by atoms with Crippen LogP contribution in [0.5, 0.6) is 0 Å². The molecule has 1 unspecified atom stereocenters. The first kappa shape index (κ1) is 13.1. The average molecular weight is 221 g/mol. The maximum absolute atomic E-state index is 5.64. The molecule has 0 aromatic carbocycles. The van der Waals surface area contributed by atoms with Crippen molar-refractivity contribution in [1.82, 2.24) is 10.4 Å². The lowest BCUT2D eigenvalue weighted by Crippen LogP contribution is -2.28. The van der Waals surface area contributed by atoms with Crippen LogP contribution in [0.1, 0.15) is 56.7 Å². The van der Waals surface area contributed by atoms with E-state index in [1.165, 1.54) is 30.4 Å². The number of unbranched alkanes of at least 4 members (excludes halogenated alkanes) is 2. The van der Waals surface area contributed by atoms with Crippen molar-refractivity contribution in [3.63, 3.8) is 0 Å². The molecule has 1 atom stereocenters. The lowest BCUT2D eigenvalue weighted by atomic mass is 9.97. The number of aromatic nitrogens is 1. The summed E-state index contributed by atoms with van der Waals surface area (Å²) < 4.78 is 0. The molecule has 0 amide bonds. The third kappa shape index (κ3) is 3.58. The number of rotatable bonds is 7. The highest BCUT2D eigenvalue weighted by Gasteiger charge is 2.12. The van der Waals surface area contributed by atoms with Crippen molar-refractivity contribution < 1.29 is 0 Å². The summed E-state index contributed by atoms with van der Waals surface area (Å²) in [7, 11) is 0. The summed E-state index contributed by atoms with van der Waals surface area (Å²) in [5.41, 5.74) is 5.52. The summed E-state index contributed by atoms with van der Waals surface area (Å²) in [6.45, 7) is 4.37. The zero-order valence-electron chi connectivity index (χ0n) is 10.4. The summed E-state index contributed by atoms with van der Waals surface area (Å²) in [5, 5.41) is 0. The van der Waals surface area contributed by atoms with E-state index in [1.807, 2.05) is 12.4 Å². The zero-order chi connectivity index (χ0) is 11.8. The average Bonchev–Trinajstić information content (AvgIpc) is 2.35. The number of hydrogen-bond donors (Lipinski definition) is 2. The fourth-order valence-electron chi connectivity index (χ4n) is 2.00. The Bertz CT molecular complexity index is 299. The number of nitrogens with two attached hydrogens (primary N) is 1. The quantitative estimate of drug-likeness (QED) is 0.423. The Morgan fingerprint density at radius 1 is 1.38 bits per heavy atom. The molecular formula is C13H23N3. The van der Waals surface area contributed by atoms with Gasteiger partial charge in [-0.15, -0.1) is 0 Å². The van der Waals surface area contributed by atoms with Gasteiger partial charge in [0.05, 0.1) is 0 Å². The minimum absolute atomic E-state index is 0.268. The molecule has 3 N–H and O–H groups in total. The highest BCUT2D eigenvalue weighted by molar-refractivity contribution is 5.26. The van der Waals surface area contributed by atoms with Gasteiger partial charge in [0, 0.05) is 18.4 Å². The summed E-state index contributed by atoms with van der Waals surface area (Å²) in [6, 6.07) is 2.35. The first-order valence-electron chi connectivity index (χ1n) is 6.22. The van der Waals surface area contributed by atoms with Crippen LogP contribution in [0.2, 0.25) is 0 Å². The van der Waals surface area contributed by atoms with Gasteiger partial charge >= 0.3 is 0 Å². The number of nitrogens with one attached hydrogen (secondary N) is 1. The van der Waals surface area contributed by atoms with Crippen molar-refractivity contribution in [1.29, 1.82) is 0 Å². The third-order valence-corrected chi connectivity index (χ3v) is 3.00. The molecular weight excluding hydrogens is 198 g/mol. The second-order valence-electron chi connectivity index (χ2n) is 4.14. The van der Waals surface area contributed by atoms with Crippen molar-refractivity contribution >= 4 is 0 Å². The van der Waals surface area contributed by atoms with Gasteiger partial charge in [0.1, 0.15) is 0 Å². The number of aryl methyl sites for hydroxylation is 1. The van der Waals surface area contributed by atoms with Gasteiger partial charge in [-0.2, -0.15) is 0 Å². The Morgan fingerprint density at radius 2 is 2.19 bits per heavy atom. The van der Waals surface area contributed by atoms with Crippen LogP contribution >= 0.6 is 0 Å². The molecule has 0 aliphatic heterocycles. The molecule has 0 aliphatic rings. The maximum atomic E-state index is 5.64. The molecule has 3 nitrogen and oxygen atoms in total. The fourth-order valence-corrected chi connectivity index (χ4v) is 2.00. The Hall–Kier alpha value is -0.930. The minimum Gasteiger partial charge on any atom is -0.271 e. The molecule has 1 rings (SSSR count). The summed E-state index contributed by atoms with van der Waals surface area (Å²) in [6.07, 6.45) is 9.63. The zero-order valence-corrected chi connectivity index (χ0v) is 10.4. The van der Waals surface area contributed by atoms with Gasteiger partial charge in [0.25, 0.3) is 0 Å². The van der Waals surface area contributed by atoms with Crippen molar-refractivity contribution in [2.75, 3.05) is 0 Å². The summed E-state index contributed by atoms with van der Waals surface area (Å²) >= 11 is 0. The third-order valence-electron chi connectivity index (χ3n) is 3.00. The van der Waals surface area contributed by atoms with Crippen molar-refractivity contribution in [3.05, 3.63) is 29.6 Å². The number of hydrogen-bond acceptors (Lipinski definition) is 3. The highest BCUT2D eigenvalue weighted by atomic mass is 15.2. The standard InChI is InChI=1S/C13H23N3/c1-3-5-6-7-13(16-14)12-8-9-15-10-11(12)4-2/h8-10,13,16H,3-7,14H2,1-2H3. The number of pyridine rings is 1. The van der Waals surface area contributed by atoms with E-state index in [1.54, 1.807) is 0 Å². The topological polar surface area (TPSA) is 50.9 Å². The second kappa shape index (κ2) is 7.36. The van der Waals surface area contributed by atoms with Crippen LogP contribution in [0.15, 0.2) is 18.5 Å². The predicted octanol–water partition coefficient (Wildman–Crippen LogP) is 2.73. The predicted molar refractivity (Wildman–Crippen MR) is 67.8 cm³/mol. The lowest BCUT2D eigenvalue weighted by molar-refractivity contribution is 0.483. The van der Waals surface area contributed by atoms with Crippen LogP contribution in [0.25, 0.3) is 0 Å². The van der Waals surface area contributed by atoms with Gasteiger partial charge in [-0.25, -0.2) is 0 Å². The molecule has 0 aliphatic carbocycles. The first-order chi connectivity index (χ1) is 7.83. The largest absolute Gasteiger partial charge is 0.271 e. The van der Waals surface area contributed by atoms with Crippen LogP contribution in [0.4, 0.5) is 0 Å². The van der Waals surface area contributed by atoms with Gasteiger partial charge in [0.15, 0.2) is 0 Å². The van der Waals surface area contributed by atoms with E-state index >= 15 is 0 Å². The Labute approximate surface area is 98.4 Å². The second-order valence-corrected chi connectivity index (χ2v) is 4.14. The van der Waals surface area contributed by atoms with Gasteiger partial charge in [0.2, 0.25) is 0 Å². The molecule has 0 bridgehead atoms. The van der Waals surface area contributed by atoms with Crippen molar-refractivity contribution in [3.8, 4) is 0 Å². The Morgan fingerprint density at radius 3 is 2.81 bits per heavy atom. The van der Waals surface area contributed by atoms with E-state index in [2.05, 4.69) is 30.3 Å². The van der Waals surface area contributed by atoms with Gasteiger partial charge in [-0.05, 0) is 30.0 Å². The molecule has 1 aromatic rings. The first-order valence-corrected chi connectivity index (χ1v) is 6.22. The number of hydrazine groups is 1. The van der Waals surface area contributed by atoms with Gasteiger partial charge < -0.3 is 0 Å². The molecule has 16 heavy (non-hydrogen) atoms. The summed E-state index contributed by atoms with van der Waals surface area (Å²) in [5.74, 6) is 5.64. The molecule has 0 spiro atoms. The normalized spacial score (nSPS) is 12.7. The smallest absolute Gasteiger partial charge is 0.0463 e. The Kier molecular flexibility index (Phi) is 6.04. The molecule has 3 heteroatoms. The van der Waals surface area contributed by atoms with Crippen molar-refractivity contribution in [2.45, 2.75) is 52.0 Å². The van der Waals surface area contributed by atoms with Crippen LogP contribution < -0.4 is 11.3 Å². The molecule has 0 fully saturated rings. The van der Waals surface area contributed by atoms with Crippen molar-refractivity contribution in [2.24, 2.45) is 5.84 Å². The van der Waals surface area contributed by atoms with Crippen LogP contribution in [-0.2, 0) is 6.42 Å². The molecule has 0 saturated heterocycles. The van der Waals surface area contributed by atoms with Crippen LogP contribution in [-0.4, -0.2) is 4.98 Å². The van der Waals surface area contributed by atoms with Crippen LogP contribution in [0.3, 0.4) is 0 Å². The molecule has 0 radical (unpaired) electrons. The minimum atomic E-state index is 0.268. The molecule has 90 valence electrons. The molecule has 1 aromatic heterocycles. The monoisotopic (exact) mass is 221 g/mol. The van der Waals surface area contributed by atoms with E-state index in [9.17, 15) is 0 Å². The van der Waals surface area contributed by atoms with E-state index in [0.29, 0.717) is 0 Å². The number of nitrogens with zero attached hydrogens (tertiary/aromatic N) is 1. The van der Waals surface area contributed by atoms with E-state index in [-0.39, 0.29) is 6.04 Å². The Balaban J connectivity index is 2.69. The summed E-state index contributed by atoms with van der Waals surface area (Å²) in [4.78, 5) is 4.16. The van der Waals surface area contributed by atoms with E-state index in [4.69, 9.17) is 5.84 Å². The lowest BCUT2D eigenvalue weighted by Gasteiger charge is -2.18. The van der Waals surface area contributed by atoms with E-state index < -0.39 is 0 Å². The molecule has 0 saturated carbocycles.